The quantitative estimate of drug-likeness (QED) is 0.649. The van der Waals surface area contributed by atoms with Crippen molar-refractivity contribution in [1.29, 1.82) is 0 Å². The van der Waals surface area contributed by atoms with Crippen LogP contribution in [-0.2, 0) is 14.3 Å². The van der Waals surface area contributed by atoms with Crippen LogP contribution in [0.5, 0.6) is 0 Å². The molecule has 1 atom stereocenters. The van der Waals surface area contributed by atoms with Crippen LogP contribution in [0, 0.1) is 0 Å². The largest absolute Gasteiger partial charge is 0.492 e. The first-order chi connectivity index (χ1) is 8.86. The monoisotopic (exact) mass is 283 g/mol. The summed E-state index contributed by atoms with van der Waals surface area (Å²) in [7, 11) is 0. The molecule has 0 heterocycles. The minimum atomic E-state index is -1.30. The molecule has 19 heavy (non-hydrogen) atoms. The molecule has 0 saturated carbocycles. The Bertz CT molecular complexity index is 554. The van der Waals surface area contributed by atoms with Gasteiger partial charge in [-0.2, -0.15) is 0 Å². The lowest BCUT2D eigenvalue weighted by Gasteiger charge is -2.26. The van der Waals surface area contributed by atoms with Crippen molar-refractivity contribution in [3.63, 3.8) is 0 Å². The van der Waals surface area contributed by atoms with Gasteiger partial charge in [-0.05, 0) is 36.7 Å². The van der Waals surface area contributed by atoms with E-state index in [-0.39, 0.29) is 34.7 Å². The van der Waals surface area contributed by atoms with Crippen LogP contribution in [0.15, 0.2) is 28.1 Å². The van der Waals surface area contributed by atoms with Gasteiger partial charge in [0.1, 0.15) is 11.3 Å². The fourth-order valence-electron chi connectivity index (χ4n) is 1.91. The van der Waals surface area contributed by atoms with Gasteiger partial charge in [0, 0.05) is 0 Å². The zero-order valence-electron chi connectivity index (χ0n) is 10.4. The number of hydrogen-bond acceptors (Lipinski definition) is 5. The third kappa shape index (κ3) is 2.58. The molecule has 0 aromatic carbocycles. The summed E-state index contributed by atoms with van der Waals surface area (Å²) < 4.78 is 5.25. The molecule has 0 aromatic heterocycles. The zero-order valence-corrected chi connectivity index (χ0v) is 11.2. The molecule has 7 heteroatoms. The summed E-state index contributed by atoms with van der Waals surface area (Å²) in [5, 5.41) is 20.7. The van der Waals surface area contributed by atoms with E-state index in [1.54, 1.807) is 6.92 Å². The topological polar surface area (TPSA) is 110 Å². The minimum absolute atomic E-state index is 0.0139. The number of carboxylic acids is 2. The van der Waals surface area contributed by atoms with Crippen LogP contribution in [0.4, 0.5) is 0 Å². The maximum atomic E-state index is 11.3. The van der Waals surface area contributed by atoms with Crippen LogP contribution >= 0.6 is 12.2 Å². The highest BCUT2D eigenvalue weighted by Gasteiger charge is 2.36. The Hall–Kier alpha value is -1.95. The van der Waals surface area contributed by atoms with Crippen LogP contribution in [0.2, 0.25) is 0 Å². The molecule has 1 unspecified atom stereocenters. The Kier molecular flexibility index (Phi) is 4.61. The normalized spacial score (nSPS) is 19.3. The zero-order chi connectivity index (χ0) is 14.7. The van der Waals surface area contributed by atoms with Gasteiger partial charge in [0.25, 0.3) is 0 Å². The van der Waals surface area contributed by atoms with Crippen molar-refractivity contribution in [3.05, 3.63) is 28.1 Å². The van der Waals surface area contributed by atoms with Gasteiger partial charge in [0.15, 0.2) is 0 Å². The lowest BCUT2D eigenvalue weighted by molar-refractivity contribution is -0.133. The molecule has 0 saturated heterocycles. The smallest absolute Gasteiger partial charge is 0.339 e. The number of hydrogen-bond donors (Lipinski definition) is 3. The Morgan fingerprint density at radius 3 is 2.37 bits per heavy atom. The Morgan fingerprint density at radius 1 is 1.42 bits per heavy atom. The maximum absolute atomic E-state index is 11.3. The number of rotatable bonds is 4. The van der Waals surface area contributed by atoms with E-state index < -0.39 is 18.0 Å². The molecule has 0 aliphatic heterocycles. The first-order valence-corrected chi connectivity index (χ1v) is 5.83. The van der Waals surface area contributed by atoms with Crippen LogP contribution in [-0.4, -0.2) is 39.8 Å². The van der Waals surface area contributed by atoms with Crippen molar-refractivity contribution in [2.45, 2.75) is 19.9 Å². The highest BCUT2D eigenvalue weighted by molar-refractivity contribution is 7.78. The van der Waals surface area contributed by atoms with Crippen molar-refractivity contribution in [3.8, 4) is 0 Å². The molecule has 0 fully saturated rings. The lowest BCUT2D eigenvalue weighted by Crippen LogP contribution is -2.36. The average molecular weight is 283 g/mol. The van der Waals surface area contributed by atoms with E-state index in [2.05, 4.69) is 17.2 Å². The van der Waals surface area contributed by atoms with Crippen molar-refractivity contribution in [2.24, 2.45) is 5.73 Å². The van der Waals surface area contributed by atoms with Gasteiger partial charge in [0.2, 0.25) is 0 Å². The predicted molar refractivity (Wildman–Crippen MR) is 70.7 cm³/mol. The minimum Gasteiger partial charge on any atom is -0.492 e. The molecule has 0 spiro atoms. The number of aliphatic carboxylic acids is 2. The Balaban J connectivity index is 3.69. The standard InChI is InChI=1S/C12H13NO5S/c1-3-18-10-6(4-19)9(13)7(11(14)15)5(2)8(10)12(16)17/h9H,3,13H2,1-2H3,(H,14,15)(H,16,17). The summed E-state index contributed by atoms with van der Waals surface area (Å²) in [5.41, 5.74) is 5.47. The van der Waals surface area contributed by atoms with E-state index in [0.717, 1.165) is 0 Å². The number of thiocarbonyl (C=S) groups is 1. The second-order valence-electron chi connectivity index (χ2n) is 3.78. The summed E-state index contributed by atoms with van der Waals surface area (Å²) >= 11 is 4.67. The summed E-state index contributed by atoms with van der Waals surface area (Å²) in [6.07, 6.45) is 0. The van der Waals surface area contributed by atoms with Gasteiger partial charge < -0.3 is 20.7 Å². The molecule has 1 rings (SSSR count). The second kappa shape index (κ2) is 5.79. The lowest BCUT2D eigenvalue weighted by atomic mass is 9.84. The van der Waals surface area contributed by atoms with E-state index >= 15 is 0 Å². The van der Waals surface area contributed by atoms with Crippen LogP contribution < -0.4 is 5.73 Å². The first kappa shape index (κ1) is 15.1. The molecular weight excluding hydrogens is 270 g/mol. The second-order valence-corrected chi connectivity index (χ2v) is 3.98. The summed E-state index contributed by atoms with van der Waals surface area (Å²) in [6, 6.07) is -1.06. The van der Waals surface area contributed by atoms with Crippen LogP contribution in [0.1, 0.15) is 13.8 Å². The van der Waals surface area contributed by atoms with Crippen molar-refractivity contribution in [2.75, 3.05) is 6.61 Å². The van der Waals surface area contributed by atoms with Crippen LogP contribution in [0.25, 0.3) is 0 Å². The Morgan fingerprint density at radius 2 is 2.00 bits per heavy atom. The molecule has 6 nitrogen and oxygen atoms in total. The molecule has 1 aliphatic rings. The number of carbonyl (C=O) groups is 2. The van der Waals surface area contributed by atoms with Gasteiger partial charge >= 0.3 is 11.9 Å². The number of nitrogens with two attached hydrogens (primary N) is 1. The molecule has 0 aromatic rings. The molecule has 102 valence electrons. The molecule has 1 aliphatic carbocycles. The SMILES string of the molecule is CCOC1=C(C(=O)O)C(C)=C(C(=O)O)C(N)C1=C=S. The predicted octanol–water partition coefficient (Wildman–Crippen LogP) is 0.629. The van der Waals surface area contributed by atoms with E-state index in [4.69, 9.17) is 15.6 Å². The van der Waals surface area contributed by atoms with E-state index in [0.29, 0.717) is 0 Å². The third-order valence-corrected chi connectivity index (χ3v) is 2.94. The molecular formula is C12H13NO5S. The van der Waals surface area contributed by atoms with Crippen LogP contribution in [0.3, 0.4) is 0 Å². The van der Waals surface area contributed by atoms with Gasteiger partial charge in [-0.15, -0.1) is 0 Å². The highest BCUT2D eigenvalue weighted by Crippen LogP contribution is 2.33. The molecule has 0 bridgehead atoms. The van der Waals surface area contributed by atoms with Gasteiger partial charge in [-0.1, -0.05) is 0 Å². The summed E-state index contributed by atoms with van der Waals surface area (Å²) in [6.45, 7) is 3.26. The summed E-state index contributed by atoms with van der Waals surface area (Å²) in [5.74, 6) is -2.60. The van der Waals surface area contributed by atoms with Crippen molar-refractivity contribution < 1.29 is 24.5 Å². The molecule has 0 radical (unpaired) electrons. The van der Waals surface area contributed by atoms with E-state index in [1.165, 1.54) is 6.92 Å². The van der Waals surface area contributed by atoms with Gasteiger partial charge in [-0.25, -0.2) is 9.59 Å². The van der Waals surface area contributed by atoms with E-state index in [1.807, 2.05) is 0 Å². The highest BCUT2D eigenvalue weighted by atomic mass is 32.1. The third-order valence-electron chi connectivity index (χ3n) is 2.72. The van der Waals surface area contributed by atoms with Crippen molar-refractivity contribution >= 4 is 29.2 Å². The molecule has 0 amide bonds. The molecule has 4 N–H and O–H groups in total. The fourth-order valence-corrected chi connectivity index (χ4v) is 2.13. The average Bonchev–Trinajstić information content (AvgIpc) is 2.28. The number of carboxylic acid groups (broad SMARTS) is 2. The van der Waals surface area contributed by atoms with Gasteiger partial charge in [-0.3, -0.25) is 0 Å². The number of ether oxygens (including phenoxy) is 1. The maximum Gasteiger partial charge on any atom is 0.339 e. The van der Waals surface area contributed by atoms with Gasteiger partial charge in [0.05, 0.1) is 23.8 Å². The fraction of sp³-hybridized carbons (Fsp3) is 0.333. The Labute approximate surface area is 114 Å². The van der Waals surface area contributed by atoms with Crippen molar-refractivity contribution in [1.82, 2.24) is 0 Å². The summed E-state index contributed by atoms with van der Waals surface area (Å²) in [4.78, 5) is 22.5. The van der Waals surface area contributed by atoms with E-state index in [9.17, 15) is 14.7 Å². The first-order valence-electron chi connectivity index (χ1n) is 5.42.